The SMILES string of the molecule is CCC(C)C(NC(=O)C(CCC(=O)O)NC(=O)C(CCC1(O)CO1)NC(=O)C(CCC(=O)O)NC(=O)C(N)Cc1ccc(O)cc1)C(=O)O. The largest absolute Gasteiger partial charge is 0.508 e. The Kier molecular flexibility index (Phi) is 15.4. The fourth-order valence-electron chi connectivity index (χ4n) is 4.68. The van der Waals surface area contributed by atoms with Crippen LogP contribution >= 0.6 is 0 Å². The Morgan fingerprint density at radius 3 is 1.67 bits per heavy atom. The van der Waals surface area contributed by atoms with Crippen molar-refractivity contribution in [3.05, 3.63) is 29.8 Å². The van der Waals surface area contributed by atoms with Gasteiger partial charge in [-0.05, 0) is 49.3 Å². The predicted molar refractivity (Wildman–Crippen MR) is 168 cm³/mol. The van der Waals surface area contributed by atoms with Gasteiger partial charge in [-0.15, -0.1) is 0 Å². The molecule has 272 valence electrons. The van der Waals surface area contributed by atoms with E-state index in [1.807, 2.05) is 0 Å². The van der Waals surface area contributed by atoms with Gasteiger partial charge in [-0.2, -0.15) is 0 Å². The van der Waals surface area contributed by atoms with Gasteiger partial charge in [0.05, 0.1) is 6.04 Å². The smallest absolute Gasteiger partial charge is 0.326 e. The van der Waals surface area contributed by atoms with Crippen LogP contribution in [-0.4, -0.2) is 110 Å². The van der Waals surface area contributed by atoms with Crippen molar-refractivity contribution in [2.45, 2.75) is 101 Å². The zero-order valence-corrected chi connectivity index (χ0v) is 27.2. The number of hydrogen-bond donors (Lipinski definition) is 10. The molecule has 1 fully saturated rings. The zero-order chi connectivity index (χ0) is 36.9. The van der Waals surface area contributed by atoms with E-state index in [-0.39, 0.29) is 31.6 Å². The minimum atomic E-state index is -1.58. The number of rotatable bonds is 22. The number of ether oxygens (including phenoxy) is 1. The molecule has 0 aliphatic carbocycles. The van der Waals surface area contributed by atoms with Crippen molar-refractivity contribution in [3.8, 4) is 5.75 Å². The number of aromatic hydroxyl groups is 1. The predicted octanol–water partition coefficient (Wildman–Crippen LogP) is -1.44. The van der Waals surface area contributed by atoms with E-state index in [1.165, 1.54) is 24.3 Å². The molecule has 4 amide bonds. The van der Waals surface area contributed by atoms with E-state index in [0.29, 0.717) is 12.0 Å². The number of amides is 4. The lowest BCUT2D eigenvalue weighted by Gasteiger charge is -2.27. The molecule has 7 atom stereocenters. The average Bonchev–Trinajstić information content (AvgIpc) is 3.78. The Balaban J connectivity index is 2.26. The van der Waals surface area contributed by atoms with Crippen LogP contribution in [0.25, 0.3) is 0 Å². The summed E-state index contributed by atoms with van der Waals surface area (Å²) in [5.74, 6) is -9.83. The molecule has 18 heteroatoms. The van der Waals surface area contributed by atoms with E-state index >= 15 is 0 Å². The third kappa shape index (κ3) is 14.1. The molecule has 1 aromatic carbocycles. The van der Waals surface area contributed by atoms with Gasteiger partial charge in [-0.1, -0.05) is 32.4 Å². The van der Waals surface area contributed by atoms with Gasteiger partial charge in [0.1, 0.15) is 36.5 Å². The van der Waals surface area contributed by atoms with Crippen LogP contribution in [-0.2, 0) is 44.7 Å². The second-order valence-corrected chi connectivity index (χ2v) is 12.0. The average molecular weight is 696 g/mol. The second kappa shape index (κ2) is 18.7. The highest BCUT2D eigenvalue weighted by atomic mass is 16.7. The lowest BCUT2D eigenvalue weighted by atomic mass is 9.98. The van der Waals surface area contributed by atoms with Gasteiger partial charge >= 0.3 is 17.9 Å². The number of aliphatic carboxylic acids is 3. The van der Waals surface area contributed by atoms with Gasteiger partial charge in [0.25, 0.3) is 0 Å². The molecule has 0 radical (unpaired) electrons. The summed E-state index contributed by atoms with van der Waals surface area (Å²) in [5, 5.41) is 57.2. The Morgan fingerprint density at radius 1 is 0.796 bits per heavy atom. The standard InChI is InChI=1S/C31H45N5O13/c1-3-16(2)25(30(46)47)36-29(45)21(9-11-24(40)41)34-28(44)22(12-13-31(48)15-49-31)35-27(43)20(8-10-23(38)39)33-26(42)19(32)14-17-4-6-18(37)7-5-17/h4-7,16,19-22,25,37,48H,3,8-15,32H2,1-2H3,(H,33,42)(H,34,44)(H,35,43)(H,36,45)(H,38,39)(H,40,41)(H,46,47). The van der Waals surface area contributed by atoms with Crippen LogP contribution in [0.3, 0.4) is 0 Å². The number of carboxylic acids is 3. The van der Waals surface area contributed by atoms with E-state index in [4.69, 9.17) is 10.5 Å². The maximum Gasteiger partial charge on any atom is 0.326 e. The molecule has 1 aromatic rings. The normalized spacial score (nSPS) is 18.8. The van der Waals surface area contributed by atoms with Crippen LogP contribution in [0.15, 0.2) is 24.3 Å². The first-order valence-corrected chi connectivity index (χ1v) is 15.7. The summed E-state index contributed by atoms with van der Waals surface area (Å²) in [5.41, 5.74) is 6.60. The molecule has 11 N–H and O–H groups in total. The number of carbonyl (C=O) groups excluding carboxylic acids is 4. The first-order valence-electron chi connectivity index (χ1n) is 15.7. The molecular formula is C31H45N5O13. The molecular weight excluding hydrogens is 650 g/mol. The fraction of sp³-hybridized carbons (Fsp3) is 0.581. The van der Waals surface area contributed by atoms with Crippen molar-refractivity contribution in [1.82, 2.24) is 21.3 Å². The summed E-state index contributed by atoms with van der Waals surface area (Å²) in [4.78, 5) is 87.4. The van der Waals surface area contributed by atoms with E-state index in [1.54, 1.807) is 13.8 Å². The maximum atomic E-state index is 13.5. The Morgan fingerprint density at radius 2 is 1.24 bits per heavy atom. The van der Waals surface area contributed by atoms with E-state index in [0.717, 1.165) is 0 Å². The minimum absolute atomic E-state index is 0.00254. The first-order chi connectivity index (χ1) is 22.9. The number of benzene rings is 1. The summed E-state index contributed by atoms with van der Waals surface area (Å²) in [6.07, 6.45) is -2.06. The van der Waals surface area contributed by atoms with Crippen LogP contribution in [0, 0.1) is 5.92 Å². The summed E-state index contributed by atoms with van der Waals surface area (Å²) in [6.45, 7) is 3.23. The van der Waals surface area contributed by atoms with Crippen molar-refractivity contribution < 1.29 is 63.8 Å². The molecule has 1 heterocycles. The summed E-state index contributed by atoms with van der Waals surface area (Å²) in [6, 6.07) is -1.24. The monoisotopic (exact) mass is 695 g/mol. The van der Waals surface area contributed by atoms with Crippen LogP contribution in [0.2, 0.25) is 0 Å². The highest BCUT2D eigenvalue weighted by Crippen LogP contribution is 2.29. The van der Waals surface area contributed by atoms with Crippen molar-refractivity contribution in [3.63, 3.8) is 0 Å². The summed E-state index contributed by atoms with van der Waals surface area (Å²) >= 11 is 0. The van der Waals surface area contributed by atoms with E-state index in [2.05, 4.69) is 21.3 Å². The van der Waals surface area contributed by atoms with Crippen molar-refractivity contribution in [2.75, 3.05) is 6.61 Å². The van der Waals surface area contributed by atoms with Gasteiger partial charge in [-0.3, -0.25) is 28.8 Å². The van der Waals surface area contributed by atoms with Crippen molar-refractivity contribution in [2.24, 2.45) is 11.7 Å². The fourth-order valence-corrected chi connectivity index (χ4v) is 4.68. The van der Waals surface area contributed by atoms with E-state index in [9.17, 15) is 59.1 Å². The number of hydrogen-bond acceptors (Lipinski definition) is 11. The van der Waals surface area contributed by atoms with Crippen molar-refractivity contribution >= 4 is 41.5 Å². The molecule has 7 unspecified atom stereocenters. The number of phenolic OH excluding ortho intramolecular Hbond substituents is 1. The highest BCUT2D eigenvalue weighted by Gasteiger charge is 2.43. The van der Waals surface area contributed by atoms with Gasteiger partial charge in [0, 0.05) is 19.3 Å². The Labute approximate surface area is 281 Å². The Hall–Kier alpha value is -4.81. The lowest BCUT2D eigenvalue weighted by molar-refractivity contribution is -0.144. The van der Waals surface area contributed by atoms with Crippen molar-refractivity contribution in [1.29, 1.82) is 0 Å². The molecule has 2 rings (SSSR count). The molecule has 0 spiro atoms. The lowest BCUT2D eigenvalue weighted by Crippen LogP contribution is -2.59. The van der Waals surface area contributed by atoms with Crippen LogP contribution in [0.1, 0.15) is 64.4 Å². The number of epoxide rings is 1. The molecule has 1 aliphatic heterocycles. The number of nitrogens with one attached hydrogen (secondary N) is 4. The maximum absolute atomic E-state index is 13.5. The van der Waals surface area contributed by atoms with Gasteiger partial charge in [0.15, 0.2) is 5.79 Å². The highest BCUT2D eigenvalue weighted by molar-refractivity contribution is 5.95. The quantitative estimate of drug-likeness (QED) is 0.0622. The molecule has 1 saturated heterocycles. The third-order valence-electron chi connectivity index (χ3n) is 8.00. The Bertz CT molecular complexity index is 1350. The van der Waals surface area contributed by atoms with Crippen LogP contribution < -0.4 is 27.0 Å². The number of aliphatic hydroxyl groups is 1. The molecule has 49 heavy (non-hydrogen) atoms. The summed E-state index contributed by atoms with van der Waals surface area (Å²) in [7, 11) is 0. The number of nitrogens with two attached hydrogens (primary N) is 1. The molecule has 0 saturated carbocycles. The number of carbonyl (C=O) groups is 7. The number of carboxylic acid groups (broad SMARTS) is 3. The van der Waals surface area contributed by atoms with Gasteiger partial charge in [-0.25, -0.2) is 4.79 Å². The van der Waals surface area contributed by atoms with Gasteiger partial charge in [0.2, 0.25) is 23.6 Å². The van der Waals surface area contributed by atoms with Crippen LogP contribution in [0.4, 0.5) is 0 Å². The van der Waals surface area contributed by atoms with Crippen LogP contribution in [0.5, 0.6) is 5.75 Å². The number of phenols is 1. The topological polar surface area (TPSA) is 307 Å². The zero-order valence-electron chi connectivity index (χ0n) is 27.2. The first kappa shape index (κ1) is 40.4. The summed E-state index contributed by atoms with van der Waals surface area (Å²) < 4.78 is 4.94. The minimum Gasteiger partial charge on any atom is -0.508 e. The molecule has 0 aromatic heterocycles. The van der Waals surface area contributed by atoms with E-state index < -0.39 is 109 Å². The molecule has 0 bridgehead atoms. The van der Waals surface area contributed by atoms with Gasteiger partial charge < -0.3 is 57.3 Å². The third-order valence-corrected chi connectivity index (χ3v) is 8.00. The molecule has 18 nitrogen and oxygen atoms in total. The molecule has 1 aliphatic rings. The second-order valence-electron chi connectivity index (χ2n) is 12.0.